The third-order valence-corrected chi connectivity index (χ3v) is 2.78. The molecule has 1 aromatic rings. The molecule has 3 heteroatoms. The predicted molar refractivity (Wildman–Crippen MR) is 67.2 cm³/mol. The lowest BCUT2D eigenvalue weighted by atomic mass is 9.95. The fourth-order valence-corrected chi connectivity index (χ4v) is 2.03. The van der Waals surface area contributed by atoms with Crippen LogP contribution >= 0.6 is 0 Å². The van der Waals surface area contributed by atoms with Crippen molar-refractivity contribution < 1.29 is 4.74 Å². The van der Waals surface area contributed by atoms with E-state index in [4.69, 9.17) is 10.5 Å². The molecule has 1 heterocycles. The minimum atomic E-state index is -0.164. The smallest absolute Gasteiger partial charge is 0.142 e. The maximum Gasteiger partial charge on any atom is 0.142 e. The van der Waals surface area contributed by atoms with Crippen molar-refractivity contribution in [1.29, 1.82) is 0 Å². The van der Waals surface area contributed by atoms with Crippen molar-refractivity contribution in [1.82, 2.24) is 0 Å². The number of hydrogen-bond donors (Lipinski definition) is 1. The summed E-state index contributed by atoms with van der Waals surface area (Å²) in [7, 11) is 2.10. The van der Waals surface area contributed by atoms with Crippen molar-refractivity contribution in [3.8, 4) is 5.75 Å². The van der Waals surface area contributed by atoms with Gasteiger partial charge in [-0.3, -0.25) is 0 Å². The summed E-state index contributed by atoms with van der Waals surface area (Å²) >= 11 is 0. The molecular weight excluding hydrogens is 200 g/mol. The summed E-state index contributed by atoms with van der Waals surface area (Å²) in [5.41, 5.74) is 8.31. The van der Waals surface area contributed by atoms with Crippen LogP contribution in [0.2, 0.25) is 0 Å². The quantitative estimate of drug-likeness (QED) is 0.826. The van der Waals surface area contributed by atoms with Crippen LogP contribution in [-0.2, 0) is 6.42 Å². The number of nitrogens with two attached hydrogens (primary N) is 1. The van der Waals surface area contributed by atoms with Gasteiger partial charge in [-0.15, -0.1) is 0 Å². The van der Waals surface area contributed by atoms with E-state index >= 15 is 0 Å². The zero-order valence-electron chi connectivity index (χ0n) is 10.3. The van der Waals surface area contributed by atoms with Gasteiger partial charge in [-0.05, 0) is 38.0 Å². The number of hydrogen-bond acceptors (Lipinski definition) is 3. The molecule has 0 saturated heterocycles. The van der Waals surface area contributed by atoms with Crippen LogP contribution in [0.1, 0.15) is 19.4 Å². The Kier molecular flexibility index (Phi) is 2.80. The van der Waals surface area contributed by atoms with E-state index in [-0.39, 0.29) is 5.54 Å². The van der Waals surface area contributed by atoms with Gasteiger partial charge in [0.15, 0.2) is 0 Å². The number of nitrogens with zero attached hydrogens (tertiary/aromatic N) is 1. The normalized spacial score (nSPS) is 15.6. The summed E-state index contributed by atoms with van der Waals surface area (Å²) in [6.07, 6.45) is 0.883. The zero-order valence-corrected chi connectivity index (χ0v) is 10.3. The van der Waals surface area contributed by atoms with Crippen molar-refractivity contribution in [3.05, 3.63) is 23.8 Å². The van der Waals surface area contributed by atoms with Crippen LogP contribution in [0, 0.1) is 0 Å². The Bertz CT molecular complexity index is 382. The Labute approximate surface area is 97.2 Å². The Morgan fingerprint density at radius 3 is 2.88 bits per heavy atom. The fourth-order valence-electron chi connectivity index (χ4n) is 2.03. The van der Waals surface area contributed by atoms with Gasteiger partial charge in [-0.25, -0.2) is 0 Å². The minimum absolute atomic E-state index is 0.164. The molecule has 0 spiro atoms. The van der Waals surface area contributed by atoms with Gasteiger partial charge in [0.05, 0.1) is 12.2 Å². The highest BCUT2D eigenvalue weighted by molar-refractivity contribution is 5.61. The van der Waals surface area contributed by atoms with Crippen LogP contribution in [0.3, 0.4) is 0 Å². The Morgan fingerprint density at radius 2 is 2.19 bits per heavy atom. The number of anilines is 1. The molecule has 0 unspecified atom stereocenters. The second-order valence-corrected chi connectivity index (χ2v) is 5.24. The number of ether oxygens (including phenoxy) is 1. The molecule has 2 rings (SSSR count). The van der Waals surface area contributed by atoms with Crippen molar-refractivity contribution in [2.75, 3.05) is 25.1 Å². The van der Waals surface area contributed by atoms with Crippen LogP contribution in [0.15, 0.2) is 18.2 Å². The SMILES string of the molecule is CN1CCOc2ccc(CC(C)(C)N)cc21. The lowest BCUT2D eigenvalue weighted by Gasteiger charge is -2.29. The van der Waals surface area contributed by atoms with Crippen LogP contribution in [-0.4, -0.2) is 25.7 Å². The van der Waals surface area contributed by atoms with Crippen LogP contribution in [0.4, 0.5) is 5.69 Å². The molecule has 2 N–H and O–H groups in total. The van der Waals surface area contributed by atoms with Gasteiger partial charge in [0, 0.05) is 12.6 Å². The zero-order chi connectivity index (χ0) is 11.8. The van der Waals surface area contributed by atoms with Gasteiger partial charge in [0.25, 0.3) is 0 Å². The third-order valence-electron chi connectivity index (χ3n) is 2.78. The molecule has 1 aliphatic heterocycles. The van der Waals surface area contributed by atoms with E-state index in [1.807, 2.05) is 19.9 Å². The average molecular weight is 220 g/mol. The monoisotopic (exact) mass is 220 g/mol. The maximum absolute atomic E-state index is 6.03. The molecular formula is C13H20N2O. The van der Waals surface area contributed by atoms with Crippen molar-refractivity contribution >= 4 is 5.69 Å². The summed E-state index contributed by atoms with van der Waals surface area (Å²) < 4.78 is 5.61. The van der Waals surface area contributed by atoms with Gasteiger partial charge < -0.3 is 15.4 Å². The second kappa shape index (κ2) is 3.98. The Morgan fingerprint density at radius 1 is 1.44 bits per heavy atom. The summed E-state index contributed by atoms with van der Waals surface area (Å²) in [5.74, 6) is 0.979. The highest BCUT2D eigenvalue weighted by Crippen LogP contribution is 2.32. The number of likely N-dealkylation sites (N-methyl/N-ethyl adjacent to an activating group) is 1. The summed E-state index contributed by atoms with van der Waals surface area (Å²) in [6.45, 7) is 5.81. The summed E-state index contributed by atoms with van der Waals surface area (Å²) in [5, 5.41) is 0. The van der Waals surface area contributed by atoms with E-state index in [9.17, 15) is 0 Å². The largest absolute Gasteiger partial charge is 0.490 e. The van der Waals surface area contributed by atoms with Crippen molar-refractivity contribution in [3.63, 3.8) is 0 Å². The predicted octanol–water partition coefficient (Wildman–Crippen LogP) is 1.79. The van der Waals surface area contributed by atoms with E-state index in [2.05, 4.69) is 24.1 Å². The summed E-state index contributed by atoms with van der Waals surface area (Å²) in [6, 6.07) is 6.34. The van der Waals surface area contributed by atoms with Gasteiger partial charge in [-0.2, -0.15) is 0 Å². The lowest BCUT2D eigenvalue weighted by Crippen LogP contribution is -2.34. The van der Waals surface area contributed by atoms with Crippen molar-refractivity contribution in [2.45, 2.75) is 25.8 Å². The van der Waals surface area contributed by atoms with Crippen LogP contribution in [0.5, 0.6) is 5.75 Å². The van der Waals surface area contributed by atoms with E-state index in [0.29, 0.717) is 0 Å². The molecule has 0 amide bonds. The molecule has 0 aliphatic carbocycles. The van der Waals surface area contributed by atoms with E-state index in [1.54, 1.807) is 0 Å². The van der Waals surface area contributed by atoms with Crippen LogP contribution < -0.4 is 15.4 Å². The molecule has 0 saturated carbocycles. The van der Waals surface area contributed by atoms with Gasteiger partial charge >= 0.3 is 0 Å². The van der Waals surface area contributed by atoms with E-state index < -0.39 is 0 Å². The standard InChI is InChI=1S/C13H20N2O/c1-13(2,14)9-10-4-5-12-11(8-10)15(3)6-7-16-12/h4-5,8H,6-7,9,14H2,1-3H3. The Hall–Kier alpha value is -1.22. The number of benzene rings is 1. The lowest BCUT2D eigenvalue weighted by molar-refractivity contribution is 0.311. The molecule has 0 aromatic heterocycles. The average Bonchev–Trinajstić information content (AvgIpc) is 2.17. The molecule has 88 valence electrons. The first-order valence-corrected chi connectivity index (χ1v) is 5.71. The highest BCUT2D eigenvalue weighted by Gasteiger charge is 2.17. The van der Waals surface area contributed by atoms with Gasteiger partial charge in [-0.1, -0.05) is 6.07 Å². The molecule has 0 bridgehead atoms. The molecule has 0 radical (unpaired) electrons. The second-order valence-electron chi connectivity index (χ2n) is 5.24. The molecule has 3 nitrogen and oxygen atoms in total. The first kappa shape index (κ1) is 11.3. The number of fused-ring (bicyclic) bond motifs is 1. The van der Waals surface area contributed by atoms with E-state index in [0.717, 1.165) is 25.3 Å². The maximum atomic E-state index is 6.03. The third kappa shape index (κ3) is 2.47. The van der Waals surface area contributed by atoms with E-state index in [1.165, 1.54) is 11.3 Å². The molecule has 1 aromatic carbocycles. The molecule has 0 fully saturated rings. The van der Waals surface area contributed by atoms with Gasteiger partial charge in [0.1, 0.15) is 12.4 Å². The number of rotatable bonds is 2. The van der Waals surface area contributed by atoms with Crippen LogP contribution in [0.25, 0.3) is 0 Å². The Balaban J connectivity index is 2.27. The van der Waals surface area contributed by atoms with Gasteiger partial charge in [0.2, 0.25) is 0 Å². The topological polar surface area (TPSA) is 38.5 Å². The first-order valence-electron chi connectivity index (χ1n) is 5.71. The first-order chi connectivity index (χ1) is 7.46. The molecule has 1 aliphatic rings. The summed E-state index contributed by atoms with van der Waals surface area (Å²) in [4.78, 5) is 2.23. The molecule has 0 atom stereocenters. The highest BCUT2D eigenvalue weighted by atomic mass is 16.5. The minimum Gasteiger partial charge on any atom is -0.490 e. The molecule has 16 heavy (non-hydrogen) atoms. The van der Waals surface area contributed by atoms with Crippen molar-refractivity contribution in [2.24, 2.45) is 5.73 Å². The fraction of sp³-hybridized carbons (Fsp3) is 0.538.